The molecule has 2 aromatic rings. The number of amides is 1. The molecule has 9 heteroatoms. The number of hydrogen-bond acceptors (Lipinski definition) is 8. The fraction of sp³-hybridized carbons (Fsp3) is 0.385. The standard InChI is InChI=1S/C13H15N3O6/c1-8-11(9(18)3-6-20-8)21-7-10-15-13(22-16-10)12(19)14-4-2-5-17/h3,6,17H,2,4-5,7H2,1H3,(H,14,19). The van der Waals surface area contributed by atoms with E-state index in [-0.39, 0.29) is 36.1 Å². The topological polar surface area (TPSA) is 128 Å². The monoisotopic (exact) mass is 309 g/mol. The van der Waals surface area contributed by atoms with Gasteiger partial charge in [0, 0.05) is 19.2 Å². The summed E-state index contributed by atoms with van der Waals surface area (Å²) in [5.74, 6) is -0.245. The second-order valence-corrected chi connectivity index (χ2v) is 4.31. The third-order valence-electron chi connectivity index (χ3n) is 2.64. The lowest BCUT2D eigenvalue weighted by molar-refractivity contribution is 0.0907. The van der Waals surface area contributed by atoms with E-state index in [4.69, 9.17) is 18.8 Å². The molecule has 0 bridgehead atoms. The zero-order valence-electron chi connectivity index (χ0n) is 11.9. The fourth-order valence-electron chi connectivity index (χ4n) is 1.57. The molecule has 0 spiro atoms. The minimum Gasteiger partial charge on any atom is -0.478 e. The number of ether oxygens (including phenoxy) is 1. The van der Waals surface area contributed by atoms with Crippen LogP contribution in [-0.4, -0.2) is 34.3 Å². The van der Waals surface area contributed by atoms with Gasteiger partial charge >= 0.3 is 11.8 Å². The van der Waals surface area contributed by atoms with Gasteiger partial charge in [-0.3, -0.25) is 9.59 Å². The number of hydrogen-bond donors (Lipinski definition) is 2. The van der Waals surface area contributed by atoms with E-state index in [1.54, 1.807) is 6.92 Å². The SMILES string of the molecule is Cc1occc(=O)c1OCc1noc(C(=O)NCCCO)n1. The highest BCUT2D eigenvalue weighted by Gasteiger charge is 2.15. The van der Waals surface area contributed by atoms with Crippen molar-refractivity contribution in [2.45, 2.75) is 20.0 Å². The number of carbonyl (C=O) groups is 1. The zero-order chi connectivity index (χ0) is 15.9. The van der Waals surface area contributed by atoms with Gasteiger partial charge in [-0.25, -0.2) is 0 Å². The maximum Gasteiger partial charge on any atom is 0.316 e. The Balaban J connectivity index is 1.95. The molecule has 0 fully saturated rings. The van der Waals surface area contributed by atoms with E-state index in [0.29, 0.717) is 18.7 Å². The van der Waals surface area contributed by atoms with Gasteiger partial charge in [0.25, 0.3) is 0 Å². The van der Waals surface area contributed by atoms with Crippen LogP contribution in [0, 0.1) is 6.92 Å². The summed E-state index contributed by atoms with van der Waals surface area (Å²) >= 11 is 0. The van der Waals surface area contributed by atoms with Gasteiger partial charge in [0.05, 0.1) is 6.26 Å². The third-order valence-corrected chi connectivity index (χ3v) is 2.64. The van der Waals surface area contributed by atoms with Gasteiger partial charge in [0.2, 0.25) is 17.0 Å². The molecule has 2 N–H and O–H groups in total. The van der Waals surface area contributed by atoms with Crippen molar-refractivity contribution in [3.63, 3.8) is 0 Å². The molecule has 22 heavy (non-hydrogen) atoms. The molecule has 0 aliphatic rings. The highest BCUT2D eigenvalue weighted by molar-refractivity contribution is 5.89. The van der Waals surface area contributed by atoms with Gasteiger partial charge in [-0.1, -0.05) is 5.16 Å². The lowest BCUT2D eigenvalue weighted by atomic mass is 10.4. The van der Waals surface area contributed by atoms with Crippen molar-refractivity contribution in [3.05, 3.63) is 40.0 Å². The zero-order valence-corrected chi connectivity index (χ0v) is 11.9. The predicted molar refractivity (Wildman–Crippen MR) is 72.4 cm³/mol. The number of nitrogens with one attached hydrogen (secondary N) is 1. The van der Waals surface area contributed by atoms with Crippen LogP contribution < -0.4 is 15.5 Å². The van der Waals surface area contributed by atoms with Crippen LogP contribution in [0.1, 0.15) is 28.7 Å². The highest BCUT2D eigenvalue weighted by atomic mass is 16.5. The average Bonchev–Trinajstić information content (AvgIpc) is 2.96. The summed E-state index contributed by atoms with van der Waals surface area (Å²) in [7, 11) is 0. The number of rotatable bonds is 7. The Morgan fingerprint density at radius 3 is 3.05 bits per heavy atom. The Morgan fingerprint density at radius 1 is 1.50 bits per heavy atom. The van der Waals surface area contributed by atoms with Crippen LogP contribution in [0.2, 0.25) is 0 Å². The van der Waals surface area contributed by atoms with Gasteiger partial charge in [-0.2, -0.15) is 4.98 Å². The van der Waals surface area contributed by atoms with E-state index >= 15 is 0 Å². The van der Waals surface area contributed by atoms with Crippen molar-refractivity contribution in [2.24, 2.45) is 0 Å². The average molecular weight is 309 g/mol. The van der Waals surface area contributed by atoms with Gasteiger partial charge in [-0.15, -0.1) is 0 Å². The predicted octanol–water partition coefficient (Wildman–Crippen LogP) is 0.0224. The molecular formula is C13H15N3O6. The summed E-state index contributed by atoms with van der Waals surface area (Å²) in [5, 5.41) is 14.7. The molecule has 9 nitrogen and oxygen atoms in total. The smallest absolute Gasteiger partial charge is 0.316 e. The first-order valence-corrected chi connectivity index (χ1v) is 6.54. The van der Waals surface area contributed by atoms with Crippen molar-refractivity contribution in [2.75, 3.05) is 13.2 Å². The van der Waals surface area contributed by atoms with E-state index < -0.39 is 5.91 Å². The van der Waals surface area contributed by atoms with Gasteiger partial charge in [0.1, 0.15) is 5.76 Å². The van der Waals surface area contributed by atoms with E-state index in [1.165, 1.54) is 12.3 Å². The Labute approximate surface area is 124 Å². The Hall–Kier alpha value is -2.68. The maximum atomic E-state index is 11.6. The van der Waals surface area contributed by atoms with Crippen molar-refractivity contribution in [1.29, 1.82) is 0 Å². The Morgan fingerprint density at radius 2 is 2.32 bits per heavy atom. The van der Waals surface area contributed by atoms with Crippen molar-refractivity contribution >= 4 is 5.91 Å². The molecule has 0 aliphatic carbocycles. The van der Waals surface area contributed by atoms with Crippen LogP contribution >= 0.6 is 0 Å². The number of aryl methyl sites for hydroxylation is 1. The van der Waals surface area contributed by atoms with E-state index in [2.05, 4.69) is 15.5 Å². The van der Waals surface area contributed by atoms with Crippen molar-refractivity contribution in [3.8, 4) is 5.75 Å². The van der Waals surface area contributed by atoms with Crippen LogP contribution in [0.15, 0.2) is 26.1 Å². The summed E-state index contributed by atoms with van der Waals surface area (Å²) in [6, 6.07) is 1.23. The quantitative estimate of drug-likeness (QED) is 0.685. The lowest BCUT2D eigenvalue weighted by Gasteiger charge is -2.03. The van der Waals surface area contributed by atoms with Gasteiger partial charge in [-0.05, 0) is 13.3 Å². The largest absolute Gasteiger partial charge is 0.478 e. The van der Waals surface area contributed by atoms with Crippen LogP contribution in [0.3, 0.4) is 0 Å². The summed E-state index contributed by atoms with van der Waals surface area (Å²) in [6.07, 6.45) is 1.70. The van der Waals surface area contributed by atoms with E-state index in [9.17, 15) is 9.59 Å². The normalized spacial score (nSPS) is 10.5. The van der Waals surface area contributed by atoms with E-state index in [0.717, 1.165) is 0 Å². The second kappa shape index (κ2) is 7.36. The maximum absolute atomic E-state index is 11.6. The van der Waals surface area contributed by atoms with Gasteiger partial charge < -0.3 is 24.1 Å². The summed E-state index contributed by atoms with van der Waals surface area (Å²) in [6.45, 7) is 1.73. The minimum absolute atomic E-state index is 0.0256. The van der Waals surface area contributed by atoms with Crippen LogP contribution in [-0.2, 0) is 6.61 Å². The van der Waals surface area contributed by atoms with E-state index in [1.807, 2.05) is 0 Å². The van der Waals surface area contributed by atoms with Crippen LogP contribution in [0.5, 0.6) is 5.75 Å². The first-order valence-electron chi connectivity index (χ1n) is 6.54. The molecule has 0 atom stereocenters. The first-order chi connectivity index (χ1) is 10.6. The van der Waals surface area contributed by atoms with Crippen molar-refractivity contribution in [1.82, 2.24) is 15.5 Å². The molecule has 0 radical (unpaired) electrons. The highest BCUT2D eigenvalue weighted by Crippen LogP contribution is 2.12. The minimum atomic E-state index is -0.539. The molecular weight excluding hydrogens is 294 g/mol. The lowest BCUT2D eigenvalue weighted by Crippen LogP contribution is -2.25. The molecule has 2 heterocycles. The molecule has 0 unspecified atom stereocenters. The Bertz CT molecular complexity index is 693. The Kier molecular flexibility index (Phi) is 5.26. The third kappa shape index (κ3) is 3.92. The number of aliphatic hydroxyl groups is 1. The molecule has 2 rings (SSSR count). The summed E-state index contributed by atoms with van der Waals surface area (Å²) in [5.41, 5.74) is -0.325. The molecule has 2 aromatic heterocycles. The molecule has 0 aromatic carbocycles. The number of nitrogens with zero attached hydrogens (tertiary/aromatic N) is 2. The molecule has 0 aliphatic heterocycles. The first kappa shape index (κ1) is 15.7. The van der Waals surface area contributed by atoms with Crippen LogP contribution in [0.4, 0.5) is 0 Å². The summed E-state index contributed by atoms with van der Waals surface area (Å²) < 4.78 is 15.1. The second-order valence-electron chi connectivity index (χ2n) is 4.31. The number of aliphatic hydroxyl groups excluding tert-OH is 1. The number of carbonyl (C=O) groups excluding carboxylic acids is 1. The molecule has 0 saturated heterocycles. The fourth-order valence-corrected chi connectivity index (χ4v) is 1.57. The number of aromatic nitrogens is 2. The molecule has 0 saturated carbocycles. The summed E-state index contributed by atoms with van der Waals surface area (Å²) in [4.78, 5) is 27.1. The molecule has 118 valence electrons. The van der Waals surface area contributed by atoms with Crippen LogP contribution in [0.25, 0.3) is 0 Å². The van der Waals surface area contributed by atoms with Gasteiger partial charge in [0.15, 0.2) is 6.61 Å². The van der Waals surface area contributed by atoms with Crippen molar-refractivity contribution < 1.29 is 23.6 Å². The molecule has 1 amide bonds.